The van der Waals surface area contributed by atoms with E-state index in [1.807, 2.05) is 62.3 Å². The van der Waals surface area contributed by atoms with Gasteiger partial charge in [-0.2, -0.15) is 5.06 Å². The van der Waals surface area contributed by atoms with Gasteiger partial charge < -0.3 is 25.2 Å². The number of rotatable bonds is 11. The van der Waals surface area contributed by atoms with Gasteiger partial charge in [-0.1, -0.05) is 44.1 Å². The summed E-state index contributed by atoms with van der Waals surface area (Å²) in [5.74, 6) is 0.389. The van der Waals surface area contributed by atoms with Crippen LogP contribution in [-0.2, 0) is 20.9 Å². The van der Waals surface area contributed by atoms with Gasteiger partial charge in [0.2, 0.25) is 5.91 Å². The van der Waals surface area contributed by atoms with Gasteiger partial charge in [0.1, 0.15) is 12.1 Å². The number of anilines is 1. The molecule has 3 aliphatic carbocycles. The minimum atomic E-state index is -0.840. The molecule has 1 aliphatic heterocycles. The molecule has 13 heteroatoms. The van der Waals surface area contributed by atoms with Crippen molar-refractivity contribution in [3.05, 3.63) is 63.5 Å². The summed E-state index contributed by atoms with van der Waals surface area (Å²) in [6.45, 7) is 10.9. The summed E-state index contributed by atoms with van der Waals surface area (Å²) in [5, 5.41) is 11.6. The van der Waals surface area contributed by atoms with E-state index in [1.54, 1.807) is 33.1 Å². The van der Waals surface area contributed by atoms with Gasteiger partial charge >= 0.3 is 6.09 Å². The van der Waals surface area contributed by atoms with Crippen molar-refractivity contribution >= 4 is 23.6 Å². The molecule has 13 nitrogen and oxygen atoms in total. The third-order valence-electron chi connectivity index (χ3n) is 11.9. The highest BCUT2D eigenvalue weighted by molar-refractivity contribution is 5.96. The lowest BCUT2D eigenvalue weighted by Gasteiger charge is -2.62. The monoisotopic (exact) mass is 702 g/mol. The number of nitrogens with zero attached hydrogens (tertiary/aromatic N) is 6. The van der Waals surface area contributed by atoms with Crippen molar-refractivity contribution in [3.63, 3.8) is 0 Å². The highest BCUT2D eigenvalue weighted by atomic mass is 16.7. The summed E-state index contributed by atoms with van der Waals surface area (Å²) in [6, 6.07) is 10.9. The number of azide groups is 1. The zero-order valence-corrected chi connectivity index (χ0v) is 31.6. The molecular formula is C38H54N8O5. The molecule has 0 radical (unpaired) electrons. The zero-order chi connectivity index (χ0) is 37.4. The molecule has 0 spiro atoms. The first-order valence-corrected chi connectivity index (χ1v) is 17.8. The van der Waals surface area contributed by atoms with E-state index in [9.17, 15) is 19.9 Å². The molecule has 2 N–H and O–H groups in total. The van der Waals surface area contributed by atoms with Crippen molar-refractivity contribution in [2.24, 2.45) is 34.2 Å². The number of carbonyl (C=O) groups excluding carboxylic acids is 3. The lowest BCUT2D eigenvalue weighted by molar-refractivity contribution is -0.175. The van der Waals surface area contributed by atoms with Crippen molar-refractivity contribution in [2.75, 3.05) is 46.7 Å². The summed E-state index contributed by atoms with van der Waals surface area (Å²) in [4.78, 5) is 52.8. The first kappa shape index (κ1) is 37.9. The quantitative estimate of drug-likeness (QED) is 0.171. The number of hydrogen-bond donors (Lipinski definition) is 2. The van der Waals surface area contributed by atoms with Crippen LogP contribution < -0.4 is 15.5 Å². The average molecular weight is 703 g/mol. The Hall–Kier alpha value is -4.32. The second-order valence-corrected chi connectivity index (χ2v) is 15.5. The number of fused-ring (bicyclic) bond motifs is 2. The molecule has 4 aliphatic rings. The van der Waals surface area contributed by atoms with Gasteiger partial charge in [-0.05, 0) is 95.8 Å². The van der Waals surface area contributed by atoms with Crippen molar-refractivity contribution < 1.29 is 24.0 Å². The smallest absolute Gasteiger partial charge is 0.409 e. The largest absolute Gasteiger partial charge is 0.446 e. The van der Waals surface area contributed by atoms with E-state index in [0.29, 0.717) is 23.3 Å². The Bertz CT molecular complexity index is 1690. The molecule has 8 atom stereocenters. The predicted octanol–water partition coefficient (Wildman–Crippen LogP) is 5.77. The highest BCUT2D eigenvalue weighted by Gasteiger charge is 2.57. The minimum absolute atomic E-state index is 0.0103. The van der Waals surface area contributed by atoms with Crippen molar-refractivity contribution in [1.82, 2.24) is 20.6 Å². The molecule has 51 heavy (non-hydrogen) atoms. The van der Waals surface area contributed by atoms with Crippen molar-refractivity contribution in [2.45, 2.75) is 78.3 Å². The standard InChI is InChI=1S/C38H54N8O5/c1-21-24(12-11-13-29(21)25-14-26(35(47)40-6)16-28(15-25)44(7)8)20-46-34(36(48)42-31-18-27-17-30(22(31)2)38(27,4)5)33(32(51-46)19-41-43-39)23(3)50-37(49)45(9)10/h11-16,22-23,27,30-34H,17-20H2,1-10H3,(H,40,47)(H,42,48)/t22-,23-,27-,30+,31-,32-,33+,34-/m0/s1. The average Bonchev–Trinajstić information content (AvgIpc) is 3.46. The van der Waals surface area contributed by atoms with E-state index in [2.05, 4.69) is 41.4 Å². The molecule has 2 aromatic rings. The zero-order valence-electron chi connectivity index (χ0n) is 31.6. The Labute approximate surface area is 301 Å². The molecule has 3 amide bonds. The lowest BCUT2D eigenvalue weighted by Crippen LogP contribution is -2.62. The van der Waals surface area contributed by atoms with Gasteiger partial charge in [0.25, 0.3) is 5.91 Å². The molecule has 4 fully saturated rings. The van der Waals surface area contributed by atoms with Gasteiger partial charge in [0, 0.05) is 57.4 Å². The SMILES string of the molecule is CNC(=O)c1cc(-c2cccc(CN3O[C@@H](CN=[N+]=[N-])[C@@H]([C@H](C)OC(=O)N(C)C)[C@H]3C(=O)N[C@H]3C[C@@H]4C[C@H]([C@@H]3C)C4(C)C)c2C)cc(N(C)C)c1. The van der Waals surface area contributed by atoms with Gasteiger partial charge in [0.05, 0.1) is 25.1 Å². The van der Waals surface area contributed by atoms with Crippen LogP contribution in [0.15, 0.2) is 41.5 Å². The summed E-state index contributed by atoms with van der Waals surface area (Å²) >= 11 is 0. The Morgan fingerprint density at radius 2 is 1.88 bits per heavy atom. The first-order valence-electron chi connectivity index (χ1n) is 17.8. The maximum Gasteiger partial charge on any atom is 0.409 e. The maximum absolute atomic E-state index is 14.6. The van der Waals surface area contributed by atoms with Gasteiger partial charge in [-0.25, -0.2) is 4.79 Å². The molecule has 0 aromatic heterocycles. The van der Waals surface area contributed by atoms with Gasteiger partial charge in [0.15, 0.2) is 0 Å². The number of amides is 3. The van der Waals surface area contributed by atoms with Gasteiger partial charge in [-0.15, -0.1) is 0 Å². The van der Waals surface area contributed by atoms with Crippen molar-refractivity contribution in [1.29, 1.82) is 0 Å². The third kappa shape index (κ3) is 7.52. The fraction of sp³-hybridized carbons (Fsp3) is 0.605. The molecule has 1 saturated heterocycles. The van der Waals surface area contributed by atoms with E-state index < -0.39 is 30.3 Å². The molecular weight excluding hydrogens is 648 g/mol. The van der Waals surface area contributed by atoms with Crippen LogP contribution in [0.5, 0.6) is 0 Å². The van der Waals surface area contributed by atoms with Crippen LogP contribution in [0.4, 0.5) is 10.5 Å². The molecule has 276 valence electrons. The maximum atomic E-state index is 14.6. The topological polar surface area (TPSA) is 152 Å². The summed E-state index contributed by atoms with van der Waals surface area (Å²) in [7, 11) is 8.69. The number of hydroxylamine groups is 2. The number of ether oxygens (including phenoxy) is 1. The number of benzene rings is 2. The van der Waals surface area contributed by atoms with E-state index in [1.165, 1.54) is 11.3 Å². The Morgan fingerprint density at radius 1 is 1.16 bits per heavy atom. The van der Waals surface area contributed by atoms with Crippen LogP contribution in [0.25, 0.3) is 21.6 Å². The minimum Gasteiger partial charge on any atom is -0.446 e. The number of nitrogens with one attached hydrogen (secondary N) is 2. The molecule has 1 heterocycles. The molecule has 2 aromatic carbocycles. The normalized spacial score (nSPS) is 27.0. The molecule has 3 saturated carbocycles. The van der Waals surface area contributed by atoms with Gasteiger partial charge in [-0.3, -0.25) is 14.4 Å². The van der Waals surface area contributed by atoms with Crippen LogP contribution in [0.2, 0.25) is 0 Å². The summed E-state index contributed by atoms with van der Waals surface area (Å²) < 4.78 is 5.85. The van der Waals surface area contributed by atoms with E-state index in [0.717, 1.165) is 34.4 Å². The number of hydrogen-bond acceptors (Lipinski definition) is 8. The van der Waals surface area contributed by atoms with Crippen molar-refractivity contribution in [3.8, 4) is 11.1 Å². The highest BCUT2D eigenvalue weighted by Crippen LogP contribution is 2.61. The van der Waals surface area contributed by atoms with E-state index >= 15 is 0 Å². The van der Waals surface area contributed by atoms with Crippen LogP contribution in [0, 0.1) is 36.0 Å². The third-order valence-corrected chi connectivity index (χ3v) is 11.9. The second kappa shape index (κ2) is 15.1. The summed E-state index contributed by atoms with van der Waals surface area (Å²) in [5.41, 5.74) is 14.6. The molecule has 6 rings (SSSR count). The Balaban J connectivity index is 1.51. The fourth-order valence-corrected chi connectivity index (χ4v) is 8.56. The van der Waals surface area contributed by atoms with Crippen LogP contribution in [0.1, 0.15) is 62.0 Å². The number of carbonyl (C=O) groups is 3. The molecule has 2 bridgehead atoms. The Morgan fingerprint density at radius 3 is 2.49 bits per heavy atom. The Kier molecular flexibility index (Phi) is 11.2. The lowest BCUT2D eigenvalue weighted by atomic mass is 9.45. The fourth-order valence-electron chi connectivity index (χ4n) is 8.56. The summed E-state index contributed by atoms with van der Waals surface area (Å²) in [6.07, 6.45) is 0.108. The van der Waals surface area contributed by atoms with E-state index in [4.69, 9.17) is 9.57 Å². The van der Waals surface area contributed by atoms with Crippen LogP contribution in [0.3, 0.4) is 0 Å². The first-order chi connectivity index (χ1) is 24.1. The second-order valence-electron chi connectivity index (χ2n) is 15.5. The van der Waals surface area contributed by atoms with Crippen LogP contribution >= 0.6 is 0 Å². The van der Waals surface area contributed by atoms with E-state index in [-0.39, 0.29) is 36.4 Å². The predicted molar refractivity (Wildman–Crippen MR) is 197 cm³/mol. The molecule has 0 unspecified atom stereocenters. The van der Waals surface area contributed by atoms with Crippen LogP contribution in [-0.4, -0.2) is 93.9 Å².